The summed E-state index contributed by atoms with van der Waals surface area (Å²) in [6, 6.07) is 11.4. The van der Waals surface area contributed by atoms with E-state index in [0.717, 1.165) is 17.7 Å². The highest BCUT2D eigenvalue weighted by Gasteiger charge is 2.22. The first-order chi connectivity index (χ1) is 9.60. The molecule has 1 aromatic heterocycles. The predicted octanol–water partition coefficient (Wildman–Crippen LogP) is 2.76. The maximum absolute atomic E-state index is 11.6. The Morgan fingerprint density at radius 3 is 2.55 bits per heavy atom. The molecule has 20 heavy (non-hydrogen) atoms. The predicted molar refractivity (Wildman–Crippen MR) is 76.7 cm³/mol. The molecule has 1 aromatic carbocycles. The van der Waals surface area contributed by atoms with Gasteiger partial charge in [0.05, 0.1) is 5.69 Å². The van der Waals surface area contributed by atoms with Gasteiger partial charge < -0.3 is 5.11 Å². The van der Waals surface area contributed by atoms with Crippen LogP contribution in [0.2, 0.25) is 0 Å². The zero-order chi connectivity index (χ0) is 14.5. The molecule has 0 bridgehead atoms. The van der Waals surface area contributed by atoms with Gasteiger partial charge in [0.2, 0.25) is 0 Å². The largest absolute Gasteiger partial charge is 0.481 e. The quantitative estimate of drug-likeness (QED) is 0.907. The van der Waals surface area contributed by atoms with E-state index in [9.17, 15) is 9.90 Å². The number of hydrogen-bond acceptors (Lipinski definition) is 3. The molecule has 0 aliphatic carbocycles. The van der Waals surface area contributed by atoms with Gasteiger partial charge >= 0.3 is 5.97 Å². The SMILES string of the molecule is CCc1cc(C(Cc2ccccc2)C(=O)O)nc(C)n1. The summed E-state index contributed by atoms with van der Waals surface area (Å²) in [5.41, 5.74) is 2.46. The molecule has 1 heterocycles. The number of nitrogens with zero attached hydrogens (tertiary/aromatic N) is 2. The van der Waals surface area contributed by atoms with Crippen molar-refractivity contribution in [3.05, 3.63) is 59.2 Å². The van der Waals surface area contributed by atoms with Crippen molar-refractivity contribution >= 4 is 5.97 Å². The van der Waals surface area contributed by atoms with Gasteiger partial charge in [0, 0.05) is 5.69 Å². The highest BCUT2D eigenvalue weighted by Crippen LogP contribution is 2.20. The number of hydrogen-bond donors (Lipinski definition) is 1. The second-order valence-electron chi connectivity index (χ2n) is 4.77. The Morgan fingerprint density at radius 2 is 1.95 bits per heavy atom. The summed E-state index contributed by atoms with van der Waals surface area (Å²) in [6.45, 7) is 3.79. The second kappa shape index (κ2) is 6.28. The summed E-state index contributed by atoms with van der Waals surface area (Å²) in [5.74, 6) is -0.864. The van der Waals surface area contributed by atoms with Crippen LogP contribution in [0.1, 0.15) is 35.6 Å². The van der Waals surface area contributed by atoms with E-state index in [1.54, 1.807) is 13.0 Å². The number of carboxylic acid groups (broad SMARTS) is 1. The Kier molecular flexibility index (Phi) is 4.45. The molecule has 104 valence electrons. The maximum atomic E-state index is 11.6. The molecule has 0 radical (unpaired) electrons. The first kappa shape index (κ1) is 14.2. The molecule has 1 N–H and O–H groups in total. The van der Waals surface area contributed by atoms with Gasteiger partial charge in [-0.15, -0.1) is 0 Å². The average Bonchev–Trinajstić information content (AvgIpc) is 2.44. The van der Waals surface area contributed by atoms with E-state index in [1.807, 2.05) is 37.3 Å². The monoisotopic (exact) mass is 270 g/mol. The summed E-state index contributed by atoms with van der Waals surface area (Å²) < 4.78 is 0. The third-order valence-corrected chi connectivity index (χ3v) is 3.21. The van der Waals surface area contributed by atoms with Crippen LogP contribution in [0, 0.1) is 6.92 Å². The molecule has 2 rings (SSSR count). The highest BCUT2D eigenvalue weighted by molar-refractivity contribution is 5.75. The van der Waals surface area contributed by atoms with Crippen LogP contribution in [-0.4, -0.2) is 21.0 Å². The molecule has 0 saturated heterocycles. The van der Waals surface area contributed by atoms with E-state index in [-0.39, 0.29) is 0 Å². The van der Waals surface area contributed by atoms with Crippen LogP contribution in [0.5, 0.6) is 0 Å². The Labute approximate surface area is 118 Å². The number of carboxylic acids is 1. The first-order valence-corrected chi connectivity index (χ1v) is 6.71. The molecule has 0 fully saturated rings. The lowest BCUT2D eigenvalue weighted by molar-refractivity contribution is -0.138. The maximum Gasteiger partial charge on any atom is 0.312 e. The number of aliphatic carboxylic acids is 1. The van der Waals surface area contributed by atoms with Crippen LogP contribution in [0.15, 0.2) is 36.4 Å². The van der Waals surface area contributed by atoms with E-state index < -0.39 is 11.9 Å². The van der Waals surface area contributed by atoms with Gasteiger partial charge in [-0.25, -0.2) is 9.97 Å². The number of benzene rings is 1. The van der Waals surface area contributed by atoms with Gasteiger partial charge in [0.25, 0.3) is 0 Å². The van der Waals surface area contributed by atoms with Crippen molar-refractivity contribution in [2.45, 2.75) is 32.6 Å². The molecular formula is C16H18N2O2. The van der Waals surface area contributed by atoms with Gasteiger partial charge in [0.15, 0.2) is 0 Å². The summed E-state index contributed by atoms with van der Waals surface area (Å²) in [7, 11) is 0. The van der Waals surface area contributed by atoms with E-state index >= 15 is 0 Å². The zero-order valence-electron chi connectivity index (χ0n) is 11.7. The fourth-order valence-corrected chi connectivity index (χ4v) is 2.18. The molecule has 0 aliphatic heterocycles. The Hall–Kier alpha value is -2.23. The van der Waals surface area contributed by atoms with Crippen LogP contribution < -0.4 is 0 Å². The van der Waals surface area contributed by atoms with E-state index in [4.69, 9.17) is 0 Å². The molecular weight excluding hydrogens is 252 g/mol. The smallest absolute Gasteiger partial charge is 0.312 e. The van der Waals surface area contributed by atoms with Gasteiger partial charge in [-0.3, -0.25) is 4.79 Å². The lowest BCUT2D eigenvalue weighted by atomic mass is 9.95. The molecule has 0 aliphatic rings. The van der Waals surface area contributed by atoms with E-state index in [2.05, 4.69) is 9.97 Å². The molecule has 4 heteroatoms. The van der Waals surface area contributed by atoms with Crippen molar-refractivity contribution in [1.82, 2.24) is 9.97 Å². The summed E-state index contributed by atoms with van der Waals surface area (Å²) in [6.07, 6.45) is 1.21. The van der Waals surface area contributed by atoms with Crippen LogP contribution in [0.4, 0.5) is 0 Å². The normalized spacial score (nSPS) is 12.1. The highest BCUT2D eigenvalue weighted by atomic mass is 16.4. The molecule has 4 nitrogen and oxygen atoms in total. The van der Waals surface area contributed by atoms with E-state index in [1.165, 1.54) is 0 Å². The summed E-state index contributed by atoms with van der Waals surface area (Å²) in [4.78, 5) is 20.2. The van der Waals surface area contributed by atoms with Crippen molar-refractivity contribution in [3.63, 3.8) is 0 Å². The molecule has 0 amide bonds. The van der Waals surface area contributed by atoms with Crippen molar-refractivity contribution in [2.24, 2.45) is 0 Å². The molecule has 1 atom stereocenters. The molecule has 0 saturated carbocycles. The number of aromatic nitrogens is 2. The second-order valence-corrected chi connectivity index (χ2v) is 4.77. The Morgan fingerprint density at radius 1 is 1.25 bits per heavy atom. The average molecular weight is 270 g/mol. The van der Waals surface area contributed by atoms with Gasteiger partial charge in [-0.05, 0) is 31.4 Å². The Balaban J connectivity index is 2.34. The van der Waals surface area contributed by atoms with Crippen LogP contribution in [0.25, 0.3) is 0 Å². The zero-order valence-corrected chi connectivity index (χ0v) is 11.7. The third-order valence-electron chi connectivity index (χ3n) is 3.21. The number of carbonyl (C=O) groups is 1. The van der Waals surface area contributed by atoms with Crippen LogP contribution in [0.3, 0.4) is 0 Å². The topological polar surface area (TPSA) is 63.1 Å². The van der Waals surface area contributed by atoms with Crippen molar-refractivity contribution in [1.29, 1.82) is 0 Å². The lowest BCUT2D eigenvalue weighted by Gasteiger charge is -2.13. The number of aryl methyl sites for hydroxylation is 2. The van der Waals surface area contributed by atoms with Gasteiger partial charge in [-0.2, -0.15) is 0 Å². The molecule has 1 unspecified atom stereocenters. The van der Waals surface area contributed by atoms with Crippen molar-refractivity contribution in [3.8, 4) is 0 Å². The molecule has 2 aromatic rings. The number of rotatable bonds is 5. The summed E-state index contributed by atoms with van der Waals surface area (Å²) >= 11 is 0. The minimum absolute atomic E-state index is 0.440. The van der Waals surface area contributed by atoms with Gasteiger partial charge in [0.1, 0.15) is 11.7 Å². The standard InChI is InChI=1S/C16H18N2O2/c1-3-13-10-15(18-11(2)17-13)14(16(19)20)9-12-7-5-4-6-8-12/h4-8,10,14H,3,9H2,1-2H3,(H,19,20). The van der Waals surface area contributed by atoms with Crippen molar-refractivity contribution in [2.75, 3.05) is 0 Å². The van der Waals surface area contributed by atoms with E-state index in [0.29, 0.717) is 17.9 Å². The Bertz CT molecular complexity index is 597. The third kappa shape index (κ3) is 3.41. The minimum atomic E-state index is -0.853. The van der Waals surface area contributed by atoms with Crippen molar-refractivity contribution < 1.29 is 9.90 Å². The fourth-order valence-electron chi connectivity index (χ4n) is 2.18. The van der Waals surface area contributed by atoms with Crippen LogP contribution in [-0.2, 0) is 17.6 Å². The molecule has 0 spiro atoms. The first-order valence-electron chi connectivity index (χ1n) is 6.71. The van der Waals surface area contributed by atoms with Crippen LogP contribution >= 0.6 is 0 Å². The lowest BCUT2D eigenvalue weighted by Crippen LogP contribution is -2.17. The minimum Gasteiger partial charge on any atom is -0.481 e. The fraction of sp³-hybridized carbons (Fsp3) is 0.312. The summed E-state index contributed by atoms with van der Waals surface area (Å²) in [5, 5.41) is 9.48. The van der Waals surface area contributed by atoms with Gasteiger partial charge in [-0.1, -0.05) is 37.3 Å².